The van der Waals surface area contributed by atoms with E-state index in [1.807, 2.05) is 0 Å². The molecule has 2 nitrogen and oxygen atoms in total. The number of hydrogen-bond acceptors (Lipinski definition) is 2. The molecule has 0 radical (unpaired) electrons. The number of nitrogens with one attached hydrogen (secondary N) is 1. The summed E-state index contributed by atoms with van der Waals surface area (Å²) < 4.78 is 0. The van der Waals surface area contributed by atoms with Gasteiger partial charge in [0.15, 0.2) is 0 Å². The number of allylic oxidation sites excluding steroid dienone is 8. The van der Waals surface area contributed by atoms with Crippen molar-refractivity contribution in [3.8, 4) is 0 Å². The quantitative estimate of drug-likeness (QED) is 0.361. The predicted octanol–water partition coefficient (Wildman–Crippen LogP) is 7.09. The standard InChI is InChI=1S/C28H45ClN2/c1-22(2)27(30-18-9-8-12-23-10-6-5-7-11-23)20-31-19-17-26(28(3,4)21-31)24-13-15-25(29)16-14-24/h6,10-11,13,15-16,22,24,26-27,30H,5,7-9,12,14,17-21H2,1-4H3/t24?,26-,27+/m1/s1. The molecule has 174 valence electrons. The van der Waals surface area contributed by atoms with E-state index in [9.17, 15) is 0 Å². The number of piperidine rings is 1. The fraction of sp³-hybridized carbons (Fsp3) is 0.714. The van der Waals surface area contributed by atoms with E-state index in [2.05, 4.69) is 74.4 Å². The molecule has 3 rings (SSSR count). The van der Waals surface area contributed by atoms with E-state index in [4.69, 9.17) is 11.6 Å². The molecule has 3 atom stereocenters. The van der Waals surface area contributed by atoms with Crippen LogP contribution in [0, 0.1) is 23.2 Å². The van der Waals surface area contributed by atoms with E-state index in [1.165, 1.54) is 58.2 Å². The second-order valence-corrected chi connectivity index (χ2v) is 11.4. The van der Waals surface area contributed by atoms with Crippen molar-refractivity contribution in [2.45, 2.75) is 78.7 Å². The van der Waals surface area contributed by atoms with Crippen LogP contribution in [0.3, 0.4) is 0 Å². The van der Waals surface area contributed by atoms with E-state index < -0.39 is 0 Å². The molecule has 1 aliphatic heterocycles. The minimum Gasteiger partial charge on any atom is -0.312 e. The molecule has 0 aromatic rings. The van der Waals surface area contributed by atoms with Crippen molar-refractivity contribution in [3.05, 3.63) is 47.1 Å². The maximum Gasteiger partial charge on any atom is 0.0363 e. The molecule has 0 spiro atoms. The Hall–Kier alpha value is -0.830. The van der Waals surface area contributed by atoms with Crippen LogP contribution in [0.5, 0.6) is 0 Å². The highest BCUT2D eigenvalue weighted by Gasteiger charge is 2.39. The Kier molecular flexibility index (Phi) is 9.49. The maximum atomic E-state index is 6.16. The van der Waals surface area contributed by atoms with Gasteiger partial charge in [0.1, 0.15) is 0 Å². The molecule has 31 heavy (non-hydrogen) atoms. The first kappa shape index (κ1) is 24.8. The summed E-state index contributed by atoms with van der Waals surface area (Å²) >= 11 is 6.16. The Balaban J connectivity index is 1.42. The minimum absolute atomic E-state index is 0.341. The zero-order valence-electron chi connectivity index (χ0n) is 20.4. The highest BCUT2D eigenvalue weighted by Crippen LogP contribution is 2.43. The van der Waals surface area contributed by atoms with Gasteiger partial charge in [-0.3, -0.25) is 0 Å². The zero-order valence-corrected chi connectivity index (χ0v) is 21.1. The van der Waals surface area contributed by atoms with Crippen molar-refractivity contribution >= 4 is 11.6 Å². The summed E-state index contributed by atoms with van der Waals surface area (Å²) in [5.41, 5.74) is 1.88. The summed E-state index contributed by atoms with van der Waals surface area (Å²) in [6.45, 7) is 14.4. The molecule has 0 aromatic carbocycles. The topological polar surface area (TPSA) is 15.3 Å². The zero-order chi connectivity index (χ0) is 22.3. The average Bonchev–Trinajstić information content (AvgIpc) is 2.73. The first-order chi connectivity index (χ1) is 14.8. The summed E-state index contributed by atoms with van der Waals surface area (Å²) in [7, 11) is 0. The number of halogens is 1. The number of hydrogen-bond donors (Lipinski definition) is 1. The predicted molar refractivity (Wildman–Crippen MR) is 136 cm³/mol. The first-order valence-electron chi connectivity index (χ1n) is 12.7. The summed E-state index contributed by atoms with van der Waals surface area (Å²) in [6, 6.07) is 0.581. The second kappa shape index (κ2) is 11.9. The molecular weight excluding hydrogens is 400 g/mol. The summed E-state index contributed by atoms with van der Waals surface area (Å²) in [6.07, 6.45) is 22.4. The first-order valence-corrected chi connectivity index (χ1v) is 13.1. The number of unbranched alkanes of at least 4 members (excludes halogenated alkanes) is 1. The molecule has 1 fully saturated rings. The third-order valence-corrected chi connectivity index (χ3v) is 7.91. The van der Waals surface area contributed by atoms with Gasteiger partial charge in [-0.1, -0.05) is 75.2 Å². The Morgan fingerprint density at radius 1 is 1.16 bits per heavy atom. The normalized spacial score (nSPS) is 27.3. The molecule has 1 unspecified atom stereocenters. The van der Waals surface area contributed by atoms with Gasteiger partial charge in [0, 0.05) is 24.2 Å². The van der Waals surface area contributed by atoms with Gasteiger partial charge < -0.3 is 10.2 Å². The third kappa shape index (κ3) is 7.62. The van der Waals surface area contributed by atoms with Gasteiger partial charge in [-0.2, -0.15) is 0 Å². The van der Waals surface area contributed by atoms with Crippen molar-refractivity contribution in [2.24, 2.45) is 23.2 Å². The van der Waals surface area contributed by atoms with Crippen molar-refractivity contribution < 1.29 is 0 Å². The van der Waals surface area contributed by atoms with Gasteiger partial charge in [0.05, 0.1) is 0 Å². The lowest BCUT2D eigenvalue weighted by Gasteiger charge is -2.48. The van der Waals surface area contributed by atoms with Gasteiger partial charge in [-0.15, -0.1) is 0 Å². The highest BCUT2D eigenvalue weighted by atomic mass is 35.5. The SMILES string of the molecule is CC(C)[C@H](CN1CC[C@H](C2C=CC(Cl)=CC2)C(C)(C)C1)NCCCCC1=CCCC=C1. The van der Waals surface area contributed by atoms with Gasteiger partial charge in [0.2, 0.25) is 0 Å². The summed E-state index contributed by atoms with van der Waals surface area (Å²) in [5, 5.41) is 4.81. The average molecular weight is 445 g/mol. The third-order valence-electron chi connectivity index (χ3n) is 7.63. The Morgan fingerprint density at radius 2 is 2.00 bits per heavy atom. The molecule has 1 heterocycles. The highest BCUT2D eigenvalue weighted by molar-refractivity contribution is 6.31. The van der Waals surface area contributed by atoms with Gasteiger partial charge in [-0.05, 0) is 87.3 Å². The molecule has 3 heteroatoms. The molecule has 0 aromatic heterocycles. The lowest BCUT2D eigenvalue weighted by atomic mass is 9.66. The van der Waals surface area contributed by atoms with Crippen molar-refractivity contribution in [1.29, 1.82) is 0 Å². The van der Waals surface area contributed by atoms with Crippen LogP contribution in [0.2, 0.25) is 0 Å². The fourth-order valence-electron chi connectivity index (χ4n) is 5.73. The van der Waals surface area contributed by atoms with Crippen LogP contribution in [-0.2, 0) is 0 Å². The van der Waals surface area contributed by atoms with Crippen molar-refractivity contribution in [2.75, 3.05) is 26.2 Å². The van der Waals surface area contributed by atoms with Crippen molar-refractivity contribution in [1.82, 2.24) is 10.2 Å². The summed E-state index contributed by atoms with van der Waals surface area (Å²) in [5.74, 6) is 2.06. The maximum absolute atomic E-state index is 6.16. The molecule has 3 aliphatic rings. The second-order valence-electron chi connectivity index (χ2n) is 11.0. The smallest absolute Gasteiger partial charge is 0.0363 e. The Bertz CT molecular complexity index is 685. The van der Waals surface area contributed by atoms with Crippen LogP contribution in [0.25, 0.3) is 0 Å². The number of likely N-dealkylation sites (tertiary alicyclic amines) is 1. The van der Waals surface area contributed by atoms with E-state index in [-0.39, 0.29) is 0 Å². The van der Waals surface area contributed by atoms with Crippen LogP contribution in [0.1, 0.15) is 72.6 Å². The van der Waals surface area contributed by atoms with Crippen molar-refractivity contribution in [3.63, 3.8) is 0 Å². The van der Waals surface area contributed by atoms with Gasteiger partial charge in [-0.25, -0.2) is 0 Å². The molecule has 0 amide bonds. The van der Waals surface area contributed by atoms with Crippen LogP contribution in [0.15, 0.2) is 47.1 Å². The van der Waals surface area contributed by atoms with E-state index >= 15 is 0 Å². The largest absolute Gasteiger partial charge is 0.312 e. The molecule has 1 saturated heterocycles. The Morgan fingerprint density at radius 3 is 2.65 bits per heavy atom. The minimum atomic E-state index is 0.341. The monoisotopic (exact) mass is 444 g/mol. The van der Waals surface area contributed by atoms with Crippen LogP contribution in [0.4, 0.5) is 0 Å². The molecule has 2 aliphatic carbocycles. The van der Waals surface area contributed by atoms with Gasteiger partial charge >= 0.3 is 0 Å². The van der Waals surface area contributed by atoms with Crippen LogP contribution < -0.4 is 5.32 Å². The molecule has 0 bridgehead atoms. The van der Waals surface area contributed by atoms with E-state index in [1.54, 1.807) is 5.57 Å². The lowest BCUT2D eigenvalue weighted by molar-refractivity contribution is 0.0252. The summed E-state index contributed by atoms with van der Waals surface area (Å²) in [4.78, 5) is 2.72. The fourth-order valence-corrected chi connectivity index (χ4v) is 5.89. The van der Waals surface area contributed by atoms with Crippen LogP contribution in [-0.4, -0.2) is 37.1 Å². The molecule has 1 N–H and O–H groups in total. The molecule has 0 saturated carbocycles. The van der Waals surface area contributed by atoms with E-state index in [0.717, 1.165) is 23.9 Å². The van der Waals surface area contributed by atoms with E-state index in [0.29, 0.717) is 23.3 Å². The van der Waals surface area contributed by atoms with Crippen LogP contribution >= 0.6 is 11.6 Å². The number of nitrogens with zero attached hydrogens (tertiary/aromatic N) is 1. The molecular formula is C28H45ClN2. The van der Waals surface area contributed by atoms with Gasteiger partial charge in [0.25, 0.3) is 0 Å². The lowest BCUT2D eigenvalue weighted by Crippen LogP contribution is -2.52. The number of rotatable bonds is 10. The Labute approximate surface area is 196 Å².